The molecule has 1 amide bonds. The van der Waals surface area contributed by atoms with E-state index in [2.05, 4.69) is 39.3 Å². The summed E-state index contributed by atoms with van der Waals surface area (Å²) in [4.78, 5) is 35.5. The van der Waals surface area contributed by atoms with Gasteiger partial charge in [0.25, 0.3) is 11.6 Å². The minimum Gasteiger partial charge on any atom is -0.483 e. The van der Waals surface area contributed by atoms with Gasteiger partial charge in [-0.05, 0) is 25.1 Å². The number of aromatic nitrogens is 2. The summed E-state index contributed by atoms with van der Waals surface area (Å²) in [6.45, 7) is 1.49. The molecule has 0 fully saturated rings. The van der Waals surface area contributed by atoms with Crippen LogP contribution in [0.25, 0.3) is 0 Å². The molecule has 33 heavy (non-hydrogen) atoms. The van der Waals surface area contributed by atoms with E-state index in [1.54, 1.807) is 18.2 Å². The van der Waals surface area contributed by atoms with Crippen molar-refractivity contribution in [1.29, 1.82) is 0 Å². The van der Waals surface area contributed by atoms with Crippen LogP contribution in [0, 0.1) is 17.0 Å². The molecule has 2 aromatic carbocycles. The number of hydrogen-bond donors (Lipinski definition) is 4. The summed E-state index contributed by atoms with van der Waals surface area (Å²) in [6, 6.07) is 14.4. The number of nitrogens with one attached hydrogen (secondary N) is 1. The van der Waals surface area contributed by atoms with Crippen molar-refractivity contribution in [3.63, 3.8) is 0 Å². The normalized spacial score (nSPS) is 9.27. The third-order valence-corrected chi connectivity index (χ3v) is 5.05. The van der Waals surface area contributed by atoms with Crippen molar-refractivity contribution in [1.82, 2.24) is 14.9 Å². The predicted molar refractivity (Wildman–Crippen MR) is 125 cm³/mol. The Morgan fingerprint density at radius 1 is 1.30 bits per heavy atom. The number of carbonyl (C=O) groups is 2. The fraction of sp³-hybridized carbons (Fsp3) is 0.111. The average Bonchev–Trinajstić information content (AvgIpc) is 3.20. The molecular formula is C18H19N5O7S3. The first kappa shape index (κ1) is 27.5. The van der Waals surface area contributed by atoms with Crippen molar-refractivity contribution in [3.8, 4) is 5.75 Å². The van der Waals surface area contributed by atoms with Gasteiger partial charge in [0.2, 0.25) is 5.13 Å². The fourth-order valence-electron chi connectivity index (χ4n) is 1.86. The van der Waals surface area contributed by atoms with Gasteiger partial charge < -0.3 is 20.4 Å². The highest BCUT2D eigenvalue weighted by molar-refractivity contribution is 7.99. The number of ether oxygens (including phenoxy) is 1. The molecule has 1 heterocycles. The standard InChI is InChI=1S/C10H9N5O5S2.C7H8S.CH2O2/c11-8-12-13-10(21-8)22-14-9(16)20-7-4-2-1-3-6(7)5-19-15(17)18;1-6-2-4-7(8)5-3-6;2-1-3/h1-4H,5H2,(H2,11,12)(H,14,16);2-5,8H,1H3;1H,(H,2,3). The molecule has 0 radical (unpaired) electrons. The lowest BCUT2D eigenvalue weighted by Gasteiger charge is -2.09. The van der Waals surface area contributed by atoms with Crippen LogP contribution in [-0.2, 0) is 16.2 Å². The number of carboxylic acid groups (broad SMARTS) is 1. The molecule has 176 valence electrons. The Morgan fingerprint density at radius 2 is 1.94 bits per heavy atom. The first-order valence-corrected chi connectivity index (χ1v) is 10.8. The lowest BCUT2D eigenvalue weighted by molar-refractivity contribution is -0.763. The van der Waals surface area contributed by atoms with E-state index in [-0.39, 0.29) is 24.0 Å². The summed E-state index contributed by atoms with van der Waals surface area (Å²) < 4.78 is 7.89. The maximum atomic E-state index is 11.7. The molecule has 12 nitrogen and oxygen atoms in total. The van der Waals surface area contributed by atoms with E-state index < -0.39 is 11.2 Å². The van der Waals surface area contributed by atoms with Gasteiger partial charge >= 0.3 is 6.09 Å². The number of carbonyl (C=O) groups excluding carboxylic acids is 1. The van der Waals surface area contributed by atoms with E-state index in [9.17, 15) is 14.9 Å². The molecule has 0 bridgehead atoms. The number of benzene rings is 2. The Morgan fingerprint density at radius 3 is 2.48 bits per heavy atom. The van der Waals surface area contributed by atoms with Crippen molar-refractivity contribution in [3.05, 3.63) is 69.8 Å². The van der Waals surface area contributed by atoms with E-state index in [0.29, 0.717) is 9.90 Å². The summed E-state index contributed by atoms with van der Waals surface area (Å²) in [7, 11) is 0. The molecule has 0 aliphatic rings. The van der Waals surface area contributed by atoms with E-state index in [1.807, 2.05) is 24.3 Å². The summed E-state index contributed by atoms with van der Waals surface area (Å²) in [6.07, 6.45) is -0.771. The highest BCUT2D eigenvalue weighted by Crippen LogP contribution is 2.22. The van der Waals surface area contributed by atoms with E-state index >= 15 is 0 Å². The van der Waals surface area contributed by atoms with Crippen LogP contribution in [0.4, 0.5) is 9.93 Å². The van der Waals surface area contributed by atoms with Crippen LogP contribution in [0.15, 0.2) is 57.8 Å². The molecule has 3 rings (SSSR count). The van der Waals surface area contributed by atoms with Crippen LogP contribution in [0.5, 0.6) is 5.75 Å². The number of nitrogens with zero attached hydrogens (tertiary/aromatic N) is 3. The zero-order valence-electron chi connectivity index (χ0n) is 17.0. The minimum absolute atomic E-state index is 0.152. The second-order valence-corrected chi connectivity index (χ2v) is 8.12. The van der Waals surface area contributed by atoms with Gasteiger partial charge in [-0.15, -0.1) is 32.9 Å². The maximum Gasteiger partial charge on any atom is 0.423 e. The van der Waals surface area contributed by atoms with Crippen molar-refractivity contribution in [2.75, 3.05) is 5.73 Å². The summed E-state index contributed by atoms with van der Waals surface area (Å²) in [5.74, 6) is 0.152. The number of para-hydroxylation sites is 1. The quantitative estimate of drug-likeness (QED) is 0.124. The summed E-state index contributed by atoms with van der Waals surface area (Å²) in [5.41, 5.74) is 7.05. The second-order valence-electron chi connectivity index (χ2n) is 5.55. The van der Waals surface area contributed by atoms with Gasteiger partial charge in [-0.25, -0.2) is 4.79 Å². The van der Waals surface area contributed by atoms with Crippen molar-refractivity contribution in [2.45, 2.75) is 22.8 Å². The Kier molecular flexibility index (Phi) is 12.7. The average molecular weight is 514 g/mol. The Balaban J connectivity index is 0.000000409. The van der Waals surface area contributed by atoms with Crippen LogP contribution in [-0.4, -0.2) is 33.0 Å². The maximum absolute atomic E-state index is 11.7. The zero-order chi connectivity index (χ0) is 24.6. The molecule has 0 saturated carbocycles. The van der Waals surface area contributed by atoms with Crippen LogP contribution in [0.3, 0.4) is 0 Å². The van der Waals surface area contributed by atoms with Gasteiger partial charge in [0.1, 0.15) is 12.4 Å². The molecule has 0 atom stereocenters. The summed E-state index contributed by atoms with van der Waals surface area (Å²) >= 11 is 6.13. The molecule has 0 saturated heterocycles. The number of hydrogen-bond acceptors (Lipinski definition) is 12. The van der Waals surface area contributed by atoms with Gasteiger partial charge in [0.15, 0.2) is 4.34 Å². The fourth-order valence-corrected chi connectivity index (χ4v) is 3.19. The first-order valence-electron chi connectivity index (χ1n) is 8.67. The SMILES string of the molecule is Cc1ccc(S)cc1.Nc1nnc(SNC(=O)Oc2ccccc2CO[N+](=O)[O-])s1.O=CO. The van der Waals surface area contributed by atoms with Gasteiger partial charge in [0, 0.05) is 22.4 Å². The molecule has 3 aromatic rings. The van der Waals surface area contributed by atoms with Gasteiger partial charge in [0.05, 0.1) is 0 Å². The third-order valence-electron chi connectivity index (χ3n) is 3.18. The van der Waals surface area contributed by atoms with Crippen molar-refractivity contribution in [2.24, 2.45) is 0 Å². The lowest BCUT2D eigenvalue weighted by Crippen LogP contribution is -2.21. The number of aryl methyl sites for hydroxylation is 1. The van der Waals surface area contributed by atoms with Gasteiger partial charge in [-0.2, -0.15) is 0 Å². The molecule has 0 aliphatic heterocycles. The Bertz CT molecular complexity index is 1010. The molecule has 0 spiro atoms. The lowest BCUT2D eigenvalue weighted by atomic mass is 10.2. The molecule has 0 aliphatic carbocycles. The summed E-state index contributed by atoms with van der Waals surface area (Å²) in [5, 5.41) is 23.7. The van der Waals surface area contributed by atoms with Crippen LogP contribution in [0.2, 0.25) is 0 Å². The van der Waals surface area contributed by atoms with E-state index in [4.69, 9.17) is 20.4 Å². The molecule has 0 unspecified atom stereocenters. The van der Waals surface area contributed by atoms with Gasteiger partial charge in [-0.3, -0.25) is 9.52 Å². The number of rotatable bonds is 6. The molecule has 1 aromatic heterocycles. The number of anilines is 1. The number of nitrogen functional groups attached to an aromatic ring is 1. The smallest absolute Gasteiger partial charge is 0.423 e. The largest absolute Gasteiger partial charge is 0.483 e. The highest BCUT2D eigenvalue weighted by Gasteiger charge is 2.11. The van der Waals surface area contributed by atoms with Crippen LogP contribution >= 0.6 is 35.9 Å². The van der Waals surface area contributed by atoms with Crippen molar-refractivity contribution < 1.29 is 29.4 Å². The predicted octanol–water partition coefficient (Wildman–Crippen LogP) is 3.61. The Hall–Kier alpha value is -3.56. The zero-order valence-corrected chi connectivity index (χ0v) is 19.5. The number of nitrogens with two attached hydrogens (primary N) is 1. The minimum atomic E-state index is -0.924. The number of amides is 1. The molecule has 15 heteroatoms. The highest BCUT2D eigenvalue weighted by atomic mass is 32.2. The Labute approximate surface area is 201 Å². The molecular weight excluding hydrogens is 494 g/mol. The van der Waals surface area contributed by atoms with Crippen LogP contribution in [0.1, 0.15) is 11.1 Å². The number of thiol groups is 1. The third kappa shape index (κ3) is 12.2. The topological polar surface area (TPSA) is 180 Å². The second kappa shape index (κ2) is 15.3. The molecule has 4 N–H and O–H groups in total. The van der Waals surface area contributed by atoms with Crippen LogP contribution < -0.4 is 15.2 Å². The monoisotopic (exact) mass is 513 g/mol. The first-order chi connectivity index (χ1) is 15.7. The van der Waals surface area contributed by atoms with E-state index in [0.717, 1.165) is 28.2 Å². The van der Waals surface area contributed by atoms with Gasteiger partial charge in [-0.1, -0.05) is 47.2 Å². The van der Waals surface area contributed by atoms with E-state index in [1.165, 1.54) is 11.6 Å². The van der Waals surface area contributed by atoms with Crippen molar-refractivity contribution >= 4 is 53.6 Å².